The zero-order valence-electron chi connectivity index (χ0n) is 13.3. The van der Waals surface area contributed by atoms with E-state index < -0.39 is 67.7 Å². The third kappa shape index (κ3) is 2.97. The Hall–Kier alpha value is -1.07. The van der Waals surface area contributed by atoms with E-state index in [9.17, 15) is 25.2 Å². The van der Waals surface area contributed by atoms with Gasteiger partial charge in [0, 0.05) is 0 Å². The molecule has 3 heterocycles. The largest absolute Gasteiger partial charge is 0.458 e. The molecule has 9 atom stereocenters. The number of ether oxygens (including phenoxy) is 4. The Morgan fingerprint density at radius 1 is 1.12 bits per heavy atom. The van der Waals surface area contributed by atoms with Crippen LogP contribution in [0.5, 0.6) is 0 Å². The van der Waals surface area contributed by atoms with Gasteiger partial charge in [-0.1, -0.05) is 11.6 Å². The Kier molecular flexibility index (Phi) is 4.94. The van der Waals surface area contributed by atoms with E-state index in [1.54, 1.807) is 6.08 Å². The fraction of sp³-hybridized carbons (Fsp3) is 0.800. The van der Waals surface area contributed by atoms with Gasteiger partial charge in [-0.05, 0) is 13.8 Å². The molecule has 0 saturated carbocycles. The van der Waals surface area contributed by atoms with Crippen LogP contribution >= 0.6 is 0 Å². The Labute approximate surface area is 138 Å². The number of carbonyl (C=O) groups excluding carboxylic acids is 1. The van der Waals surface area contributed by atoms with Gasteiger partial charge in [-0.2, -0.15) is 0 Å². The molecule has 24 heavy (non-hydrogen) atoms. The molecule has 0 aliphatic carbocycles. The topological polar surface area (TPSA) is 135 Å². The maximum atomic E-state index is 11.7. The number of esters is 1. The first kappa shape index (κ1) is 17.7. The van der Waals surface area contributed by atoms with Crippen LogP contribution in [-0.2, 0) is 23.7 Å². The highest BCUT2D eigenvalue weighted by molar-refractivity contribution is 5.80. The van der Waals surface area contributed by atoms with E-state index in [0.717, 1.165) is 5.57 Å². The van der Waals surface area contributed by atoms with Crippen LogP contribution in [0.4, 0.5) is 0 Å². The van der Waals surface area contributed by atoms with Crippen LogP contribution in [0.25, 0.3) is 0 Å². The van der Waals surface area contributed by atoms with Crippen molar-refractivity contribution in [1.82, 2.24) is 0 Å². The van der Waals surface area contributed by atoms with E-state index in [2.05, 4.69) is 0 Å². The number of carbonyl (C=O) groups is 1. The summed E-state index contributed by atoms with van der Waals surface area (Å²) in [5.74, 6) is -1.13. The lowest BCUT2D eigenvalue weighted by molar-refractivity contribution is -0.338. The standard InChI is InChI=1S/C15H22O9/c1-5(2)3-6-12-8(13(20)23-12)14(21-6)24-15-11(19)10(18)9(17)7(4-16)22-15/h3,6-12,14-19H,4H2,1-2H3/t6-,7-,8+,9-,10+,11-,12-,14?,15+/m1/s1. The minimum Gasteiger partial charge on any atom is -0.458 e. The number of rotatable bonds is 4. The van der Waals surface area contributed by atoms with E-state index in [1.807, 2.05) is 13.8 Å². The lowest BCUT2D eigenvalue weighted by Gasteiger charge is -2.41. The van der Waals surface area contributed by atoms with Gasteiger partial charge in [0.25, 0.3) is 0 Å². The number of fused-ring (bicyclic) bond motifs is 1. The molecule has 0 aromatic carbocycles. The number of allylic oxidation sites excluding steroid dienone is 1. The summed E-state index contributed by atoms with van der Waals surface area (Å²) in [5.41, 5.74) is 0.982. The number of aliphatic hydroxyl groups excluding tert-OH is 4. The van der Waals surface area contributed by atoms with Crippen molar-refractivity contribution in [3.63, 3.8) is 0 Å². The van der Waals surface area contributed by atoms with E-state index in [4.69, 9.17) is 18.9 Å². The fourth-order valence-corrected chi connectivity index (χ4v) is 3.09. The Morgan fingerprint density at radius 2 is 1.83 bits per heavy atom. The van der Waals surface area contributed by atoms with Gasteiger partial charge in [-0.15, -0.1) is 0 Å². The normalized spacial score (nSPS) is 47.6. The van der Waals surface area contributed by atoms with Crippen molar-refractivity contribution in [3.8, 4) is 0 Å². The Balaban J connectivity index is 1.71. The highest BCUT2D eigenvalue weighted by Gasteiger charge is 2.60. The van der Waals surface area contributed by atoms with Gasteiger partial charge in [0.15, 0.2) is 12.6 Å². The van der Waals surface area contributed by atoms with Gasteiger partial charge in [-0.25, -0.2) is 0 Å². The molecule has 9 nitrogen and oxygen atoms in total. The fourth-order valence-electron chi connectivity index (χ4n) is 3.09. The molecule has 0 aromatic heterocycles. The van der Waals surface area contributed by atoms with Crippen molar-refractivity contribution in [2.75, 3.05) is 6.61 Å². The molecule has 136 valence electrons. The predicted molar refractivity (Wildman–Crippen MR) is 76.3 cm³/mol. The Morgan fingerprint density at radius 3 is 2.42 bits per heavy atom. The summed E-state index contributed by atoms with van der Waals surface area (Å²) < 4.78 is 21.5. The molecule has 3 rings (SSSR count). The average molecular weight is 346 g/mol. The van der Waals surface area contributed by atoms with Crippen LogP contribution < -0.4 is 0 Å². The summed E-state index contributed by atoms with van der Waals surface area (Å²) >= 11 is 0. The monoisotopic (exact) mass is 346 g/mol. The second-order valence-electron chi connectivity index (χ2n) is 6.47. The summed E-state index contributed by atoms with van der Waals surface area (Å²) in [6, 6.07) is 0. The summed E-state index contributed by atoms with van der Waals surface area (Å²) in [6.45, 7) is 3.19. The summed E-state index contributed by atoms with van der Waals surface area (Å²) in [7, 11) is 0. The second-order valence-corrected chi connectivity index (χ2v) is 6.47. The molecule has 0 aromatic rings. The quantitative estimate of drug-likeness (QED) is 0.338. The molecule has 3 fully saturated rings. The van der Waals surface area contributed by atoms with Crippen LogP contribution in [0.2, 0.25) is 0 Å². The van der Waals surface area contributed by atoms with Gasteiger partial charge in [-0.3, -0.25) is 4.79 Å². The van der Waals surface area contributed by atoms with E-state index in [-0.39, 0.29) is 0 Å². The van der Waals surface area contributed by atoms with E-state index in [0.29, 0.717) is 0 Å². The zero-order chi connectivity index (χ0) is 17.6. The molecular formula is C15H22O9. The third-order valence-electron chi connectivity index (χ3n) is 4.40. The van der Waals surface area contributed by atoms with Crippen LogP contribution in [-0.4, -0.2) is 82.2 Å². The molecule has 0 spiro atoms. The van der Waals surface area contributed by atoms with Gasteiger partial charge in [0.2, 0.25) is 0 Å². The van der Waals surface area contributed by atoms with Crippen LogP contribution in [0.3, 0.4) is 0 Å². The zero-order valence-corrected chi connectivity index (χ0v) is 13.3. The SMILES string of the molecule is CC(C)=C[C@H]1OC(O[C@@H]2O[C@H](CO)[C@@H](O)[C@H](O)[C@H]2O)[C@@H]2C(=O)O[C@H]12. The minimum atomic E-state index is -1.56. The molecule has 4 N–H and O–H groups in total. The highest BCUT2D eigenvalue weighted by atomic mass is 16.8. The molecule has 9 heteroatoms. The van der Waals surface area contributed by atoms with Crippen molar-refractivity contribution in [3.05, 3.63) is 11.6 Å². The molecular weight excluding hydrogens is 324 g/mol. The number of hydrogen-bond acceptors (Lipinski definition) is 9. The van der Waals surface area contributed by atoms with Crippen molar-refractivity contribution in [1.29, 1.82) is 0 Å². The summed E-state index contributed by atoms with van der Waals surface area (Å²) in [5, 5.41) is 38.7. The lowest BCUT2D eigenvalue weighted by atomic mass is 9.94. The molecule has 1 unspecified atom stereocenters. The first-order valence-electron chi connectivity index (χ1n) is 7.80. The third-order valence-corrected chi connectivity index (χ3v) is 4.40. The molecule has 3 aliphatic heterocycles. The molecule has 3 aliphatic rings. The predicted octanol–water partition coefficient (Wildman–Crippen LogP) is -1.96. The minimum absolute atomic E-state index is 0.465. The van der Waals surface area contributed by atoms with Gasteiger partial charge < -0.3 is 39.4 Å². The molecule has 0 bridgehead atoms. The Bertz CT molecular complexity index is 515. The van der Waals surface area contributed by atoms with Crippen molar-refractivity contribution < 1.29 is 44.2 Å². The molecule has 0 radical (unpaired) electrons. The second kappa shape index (κ2) is 6.68. The summed E-state index contributed by atoms with van der Waals surface area (Å²) in [6.07, 6.45) is -7.18. The van der Waals surface area contributed by atoms with Crippen molar-refractivity contribution in [2.24, 2.45) is 5.92 Å². The first-order chi connectivity index (χ1) is 11.3. The van der Waals surface area contributed by atoms with Crippen LogP contribution in [0, 0.1) is 5.92 Å². The summed E-state index contributed by atoms with van der Waals surface area (Å²) in [4.78, 5) is 11.7. The highest BCUT2D eigenvalue weighted by Crippen LogP contribution is 2.41. The van der Waals surface area contributed by atoms with Gasteiger partial charge in [0.05, 0.1) is 6.61 Å². The number of hydrogen-bond donors (Lipinski definition) is 4. The van der Waals surface area contributed by atoms with Gasteiger partial charge >= 0.3 is 5.97 Å². The van der Waals surface area contributed by atoms with Crippen LogP contribution in [0.1, 0.15) is 13.8 Å². The lowest BCUT2D eigenvalue weighted by Crippen LogP contribution is -2.60. The van der Waals surface area contributed by atoms with Crippen molar-refractivity contribution >= 4 is 5.97 Å². The van der Waals surface area contributed by atoms with Gasteiger partial charge in [0.1, 0.15) is 42.5 Å². The molecule has 0 amide bonds. The molecule has 3 saturated heterocycles. The van der Waals surface area contributed by atoms with Crippen LogP contribution in [0.15, 0.2) is 11.6 Å². The smallest absolute Gasteiger partial charge is 0.318 e. The first-order valence-corrected chi connectivity index (χ1v) is 7.80. The average Bonchev–Trinajstić information content (AvgIpc) is 2.78. The van der Waals surface area contributed by atoms with E-state index >= 15 is 0 Å². The maximum absolute atomic E-state index is 11.7. The number of aliphatic hydroxyl groups is 4. The van der Waals surface area contributed by atoms with E-state index in [1.165, 1.54) is 0 Å². The maximum Gasteiger partial charge on any atom is 0.318 e. The van der Waals surface area contributed by atoms with Crippen molar-refractivity contribution in [2.45, 2.75) is 63.1 Å².